The summed E-state index contributed by atoms with van der Waals surface area (Å²) in [5, 5.41) is 9.42. The Bertz CT molecular complexity index is 401. The minimum Gasteiger partial charge on any atom is -0.493 e. The van der Waals surface area contributed by atoms with E-state index < -0.39 is 0 Å². The van der Waals surface area contributed by atoms with Crippen LogP contribution in [-0.4, -0.2) is 18.3 Å². The molecule has 17 heavy (non-hydrogen) atoms. The van der Waals surface area contributed by atoms with Gasteiger partial charge in [-0.15, -0.1) is 0 Å². The number of halogens is 1. The molecule has 1 aromatic carbocycles. The maximum atomic E-state index is 9.42. The van der Waals surface area contributed by atoms with Gasteiger partial charge in [-0.2, -0.15) is 0 Å². The van der Waals surface area contributed by atoms with Crippen molar-refractivity contribution in [2.45, 2.75) is 26.7 Å². The van der Waals surface area contributed by atoms with Crippen molar-refractivity contribution in [3.63, 3.8) is 0 Å². The summed E-state index contributed by atoms with van der Waals surface area (Å²) in [6.45, 7) is 5.32. The average Bonchev–Trinajstić information content (AvgIpc) is 2.72. The summed E-state index contributed by atoms with van der Waals surface area (Å²) >= 11 is 3.55. The molecule has 0 saturated heterocycles. The van der Waals surface area contributed by atoms with Gasteiger partial charge in [0, 0.05) is 17.5 Å². The third kappa shape index (κ3) is 2.83. The van der Waals surface area contributed by atoms with E-state index in [4.69, 9.17) is 4.74 Å². The number of benzene rings is 1. The Morgan fingerprint density at radius 2 is 2.18 bits per heavy atom. The van der Waals surface area contributed by atoms with Crippen LogP contribution in [0.1, 0.15) is 25.0 Å². The molecular formula is C14H19BrO2. The number of aliphatic hydroxyl groups is 1. The van der Waals surface area contributed by atoms with Crippen LogP contribution in [0.25, 0.3) is 0 Å². The number of fused-ring (bicyclic) bond motifs is 1. The molecule has 0 aromatic heterocycles. The van der Waals surface area contributed by atoms with E-state index in [1.54, 1.807) is 0 Å². The first-order valence-electron chi connectivity index (χ1n) is 6.16. The molecule has 94 valence electrons. The Balaban J connectivity index is 2.26. The van der Waals surface area contributed by atoms with E-state index in [0.717, 1.165) is 29.7 Å². The quantitative estimate of drug-likeness (QED) is 0.925. The molecule has 0 bridgehead atoms. The molecule has 1 aliphatic heterocycles. The van der Waals surface area contributed by atoms with Gasteiger partial charge < -0.3 is 9.84 Å². The molecule has 1 unspecified atom stereocenters. The monoisotopic (exact) mass is 298 g/mol. The van der Waals surface area contributed by atoms with E-state index >= 15 is 0 Å². The lowest BCUT2D eigenvalue weighted by atomic mass is 9.89. The molecule has 0 aliphatic carbocycles. The van der Waals surface area contributed by atoms with Gasteiger partial charge in [0.05, 0.1) is 6.61 Å². The zero-order valence-corrected chi connectivity index (χ0v) is 12.0. The third-order valence-electron chi connectivity index (χ3n) is 3.48. The summed E-state index contributed by atoms with van der Waals surface area (Å²) in [4.78, 5) is 0. The van der Waals surface area contributed by atoms with Gasteiger partial charge >= 0.3 is 0 Å². The second-order valence-electron chi connectivity index (χ2n) is 5.04. The van der Waals surface area contributed by atoms with E-state index in [0.29, 0.717) is 11.8 Å². The number of ether oxygens (including phenoxy) is 1. The largest absolute Gasteiger partial charge is 0.493 e. The van der Waals surface area contributed by atoms with E-state index in [1.807, 2.05) is 0 Å². The fraction of sp³-hybridized carbons (Fsp3) is 0.571. The lowest BCUT2D eigenvalue weighted by Crippen LogP contribution is -2.16. The van der Waals surface area contributed by atoms with Crippen LogP contribution in [0.2, 0.25) is 0 Å². The maximum absolute atomic E-state index is 9.42. The third-order valence-corrected chi connectivity index (χ3v) is 3.94. The molecule has 1 aromatic rings. The highest BCUT2D eigenvalue weighted by Gasteiger charge is 2.21. The minimum atomic E-state index is 0.235. The van der Waals surface area contributed by atoms with Crippen molar-refractivity contribution >= 4 is 15.9 Å². The Labute approximate surface area is 111 Å². The first-order chi connectivity index (χ1) is 8.11. The van der Waals surface area contributed by atoms with Gasteiger partial charge in [-0.25, -0.2) is 0 Å². The van der Waals surface area contributed by atoms with E-state index in [1.165, 1.54) is 11.1 Å². The molecule has 1 N–H and O–H groups in total. The zero-order chi connectivity index (χ0) is 12.4. The van der Waals surface area contributed by atoms with Crippen molar-refractivity contribution in [1.82, 2.24) is 0 Å². The molecule has 2 rings (SSSR count). The van der Waals surface area contributed by atoms with Gasteiger partial charge in [0.1, 0.15) is 5.75 Å². The van der Waals surface area contributed by atoms with E-state index in [9.17, 15) is 5.11 Å². The number of rotatable bonds is 4. The molecule has 0 fully saturated rings. The van der Waals surface area contributed by atoms with Crippen molar-refractivity contribution in [2.24, 2.45) is 11.8 Å². The molecule has 0 amide bonds. The summed E-state index contributed by atoms with van der Waals surface area (Å²) in [5.41, 5.74) is 2.51. The zero-order valence-electron chi connectivity index (χ0n) is 10.4. The van der Waals surface area contributed by atoms with Crippen molar-refractivity contribution in [3.05, 3.63) is 27.7 Å². The minimum absolute atomic E-state index is 0.235. The molecule has 1 atom stereocenters. The highest BCUT2D eigenvalue weighted by Crippen LogP contribution is 2.35. The molecule has 0 spiro atoms. The second-order valence-corrected chi connectivity index (χ2v) is 5.96. The Hall–Kier alpha value is -0.540. The molecule has 0 radical (unpaired) electrons. The topological polar surface area (TPSA) is 29.5 Å². The van der Waals surface area contributed by atoms with Crippen LogP contribution < -0.4 is 4.74 Å². The number of hydrogen-bond acceptors (Lipinski definition) is 2. The summed E-state index contributed by atoms with van der Waals surface area (Å²) < 4.78 is 6.82. The smallest absolute Gasteiger partial charge is 0.125 e. The number of hydrogen-bond donors (Lipinski definition) is 1. The SMILES string of the molecule is CC(C)C(CO)Cc1cc(Br)cc2c1OCC2. The molecule has 2 nitrogen and oxygen atoms in total. The molecule has 1 aliphatic rings. The fourth-order valence-corrected chi connectivity index (χ4v) is 2.84. The summed E-state index contributed by atoms with van der Waals surface area (Å²) in [7, 11) is 0. The van der Waals surface area contributed by atoms with Crippen LogP contribution in [0.15, 0.2) is 16.6 Å². The summed E-state index contributed by atoms with van der Waals surface area (Å²) in [6, 6.07) is 4.25. The van der Waals surface area contributed by atoms with Crippen LogP contribution in [0, 0.1) is 11.8 Å². The van der Waals surface area contributed by atoms with Gasteiger partial charge in [0.15, 0.2) is 0 Å². The highest BCUT2D eigenvalue weighted by molar-refractivity contribution is 9.10. The molecule has 3 heteroatoms. The fourth-order valence-electron chi connectivity index (χ4n) is 2.29. The predicted octanol–water partition coefficient (Wildman–Crippen LogP) is 3.19. The molecule has 1 heterocycles. The average molecular weight is 299 g/mol. The lowest BCUT2D eigenvalue weighted by molar-refractivity contribution is 0.188. The van der Waals surface area contributed by atoms with Gasteiger partial charge in [-0.1, -0.05) is 29.8 Å². The maximum Gasteiger partial charge on any atom is 0.125 e. The van der Waals surface area contributed by atoms with Crippen molar-refractivity contribution in [3.8, 4) is 5.75 Å². The summed E-state index contributed by atoms with van der Waals surface area (Å²) in [5.74, 6) is 1.83. The van der Waals surface area contributed by atoms with Crippen LogP contribution >= 0.6 is 15.9 Å². The first kappa shape index (κ1) is 12.9. The second kappa shape index (κ2) is 5.40. The van der Waals surface area contributed by atoms with Crippen molar-refractivity contribution < 1.29 is 9.84 Å². The lowest BCUT2D eigenvalue weighted by Gasteiger charge is -2.19. The van der Waals surface area contributed by atoms with Crippen molar-refractivity contribution in [2.75, 3.05) is 13.2 Å². The van der Waals surface area contributed by atoms with Crippen LogP contribution in [0.4, 0.5) is 0 Å². The standard InChI is InChI=1S/C14H19BrO2/c1-9(2)12(8-16)5-11-7-13(15)6-10-3-4-17-14(10)11/h6-7,9,12,16H,3-5,8H2,1-2H3. The predicted molar refractivity (Wildman–Crippen MR) is 72.5 cm³/mol. The van der Waals surface area contributed by atoms with Crippen LogP contribution in [-0.2, 0) is 12.8 Å². The Kier molecular flexibility index (Phi) is 4.10. The van der Waals surface area contributed by atoms with Crippen molar-refractivity contribution in [1.29, 1.82) is 0 Å². The van der Waals surface area contributed by atoms with Crippen LogP contribution in [0.5, 0.6) is 5.75 Å². The van der Waals surface area contributed by atoms with Gasteiger partial charge in [-0.05, 0) is 41.5 Å². The first-order valence-corrected chi connectivity index (χ1v) is 6.96. The Morgan fingerprint density at radius 1 is 1.41 bits per heavy atom. The normalized spacial score (nSPS) is 15.8. The van der Waals surface area contributed by atoms with E-state index in [-0.39, 0.29) is 6.61 Å². The Morgan fingerprint density at radius 3 is 2.82 bits per heavy atom. The summed E-state index contributed by atoms with van der Waals surface area (Å²) in [6.07, 6.45) is 1.88. The van der Waals surface area contributed by atoms with Gasteiger partial charge in [-0.3, -0.25) is 0 Å². The highest BCUT2D eigenvalue weighted by atomic mass is 79.9. The van der Waals surface area contributed by atoms with Crippen LogP contribution in [0.3, 0.4) is 0 Å². The number of aliphatic hydroxyl groups excluding tert-OH is 1. The van der Waals surface area contributed by atoms with Gasteiger partial charge in [0.2, 0.25) is 0 Å². The molecule has 0 saturated carbocycles. The van der Waals surface area contributed by atoms with Gasteiger partial charge in [0.25, 0.3) is 0 Å². The van der Waals surface area contributed by atoms with E-state index in [2.05, 4.69) is 41.9 Å². The molecular weight excluding hydrogens is 280 g/mol.